The van der Waals surface area contributed by atoms with Gasteiger partial charge in [0.25, 0.3) is 11.8 Å². The summed E-state index contributed by atoms with van der Waals surface area (Å²) < 4.78 is 24.4. The number of aromatic nitrogens is 2. The molecule has 1 aliphatic heterocycles. The Morgan fingerprint density at radius 2 is 1.58 bits per heavy atom. The largest absolute Gasteiger partial charge is 0.483 e. The number of para-hydroxylation sites is 2. The highest BCUT2D eigenvalue weighted by Crippen LogP contribution is 2.20. The number of hydrogen-bond donors (Lipinski definition) is 1. The second-order valence-electron chi connectivity index (χ2n) is 7.81. The Bertz CT molecular complexity index is 1220. The van der Waals surface area contributed by atoms with E-state index in [-0.39, 0.29) is 22.9 Å². The molecule has 0 atom stereocenters. The third-order valence-corrected chi connectivity index (χ3v) is 5.41. The Morgan fingerprint density at radius 3 is 2.33 bits per heavy atom. The van der Waals surface area contributed by atoms with E-state index in [1.165, 1.54) is 30.3 Å². The Kier molecular flexibility index (Phi) is 8.01. The van der Waals surface area contributed by atoms with Crippen molar-refractivity contribution in [1.29, 1.82) is 0 Å². The number of halogens is 1. The van der Waals surface area contributed by atoms with E-state index >= 15 is 0 Å². The lowest BCUT2D eigenvalue weighted by Gasteiger charge is -2.34. The van der Waals surface area contributed by atoms with Gasteiger partial charge in [0.1, 0.15) is 17.1 Å². The van der Waals surface area contributed by atoms with Gasteiger partial charge in [0.05, 0.1) is 5.69 Å². The van der Waals surface area contributed by atoms with E-state index in [1.807, 2.05) is 4.90 Å². The lowest BCUT2D eigenvalue weighted by molar-refractivity contribution is -0.134. The monoisotopic (exact) mass is 493 g/mol. The Labute approximate surface area is 206 Å². The number of amides is 2. The summed E-state index contributed by atoms with van der Waals surface area (Å²) in [5.74, 6) is -1.54. The number of rotatable bonds is 8. The molecule has 2 heterocycles. The molecule has 0 spiro atoms. The minimum atomic E-state index is -0.759. The van der Waals surface area contributed by atoms with Crippen LogP contribution in [0.1, 0.15) is 10.4 Å². The summed E-state index contributed by atoms with van der Waals surface area (Å²) in [7, 11) is 0. The highest BCUT2D eigenvalue weighted by atomic mass is 19.1. The normalized spacial score (nSPS) is 13.1. The van der Waals surface area contributed by atoms with Crippen molar-refractivity contribution in [3.05, 3.63) is 78.4 Å². The van der Waals surface area contributed by atoms with Crippen LogP contribution in [0.4, 0.5) is 16.0 Å². The zero-order chi connectivity index (χ0) is 25.3. The molecule has 1 N–H and O–H groups in total. The summed E-state index contributed by atoms with van der Waals surface area (Å²) >= 11 is 0. The zero-order valence-electron chi connectivity index (χ0n) is 19.3. The quantitative estimate of drug-likeness (QED) is 0.475. The van der Waals surface area contributed by atoms with Crippen LogP contribution >= 0.6 is 0 Å². The lowest BCUT2D eigenvalue weighted by atomic mass is 10.2. The van der Waals surface area contributed by atoms with Crippen molar-refractivity contribution in [2.24, 2.45) is 0 Å². The molecular formula is C25H24FN5O5. The average molecular weight is 493 g/mol. The smallest absolute Gasteiger partial charge is 0.342 e. The standard InChI is InChI=1S/C25H24FN5O5/c26-19-7-2-3-8-20(19)29-22(32)16-35-21-9-4-1-6-18(21)24(34)36-17-23(33)30-12-14-31(15-13-30)25-27-10-5-11-28-25/h1-11H,12-17H2,(H,29,32). The van der Waals surface area contributed by atoms with Gasteiger partial charge < -0.3 is 24.6 Å². The van der Waals surface area contributed by atoms with Crippen molar-refractivity contribution in [2.45, 2.75) is 0 Å². The Balaban J connectivity index is 1.26. The van der Waals surface area contributed by atoms with Crippen LogP contribution < -0.4 is 15.0 Å². The number of carbonyl (C=O) groups is 3. The van der Waals surface area contributed by atoms with E-state index in [1.54, 1.807) is 41.6 Å². The number of esters is 1. The van der Waals surface area contributed by atoms with Gasteiger partial charge in [-0.2, -0.15) is 0 Å². The summed E-state index contributed by atoms with van der Waals surface area (Å²) in [6.07, 6.45) is 3.33. The molecular weight excluding hydrogens is 469 g/mol. The van der Waals surface area contributed by atoms with E-state index in [9.17, 15) is 18.8 Å². The van der Waals surface area contributed by atoms with Gasteiger partial charge in [-0.25, -0.2) is 19.2 Å². The number of ether oxygens (including phenoxy) is 2. The van der Waals surface area contributed by atoms with Gasteiger partial charge in [0, 0.05) is 38.6 Å². The fourth-order valence-electron chi connectivity index (χ4n) is 3.56. The molecule has 0 unspecified atom stereocenters. The molecule has 186 valence electrons. The van der Waals surface area contributed by atoms with Crippen molar-refractivity contribution in [3.8, 4) is 5.75 Å². The van der Waals surface area contributed by atoms with Gasteiger partial charge in [-0.3, -0.25) is 9.59 Å². The van der Waals surface area contributed by atoms with Crippen LogP contribution in [0.3, 0.4) is 0 Å². The first-order valence-electron chi connectivity index (χ1n) is 11.2. The minimum Gasteiger partial charge on any atom is -0.483 e. The molecule has 1 saturated heterocycles. The molecule has 3 aromatic rings. The van der Waals surface area contributed by atoms with Gasteiger partial charge in [-0.05, 0) is 30.3 Å². The molecule has 4 rings (SSSR count). The number of benzene rings is 2. The lowest BCUT2D eigenvalue weighted by Crippen LogP contribution is -2.50. The summed E-state index contributed by atoms with van der Waals surface area (Å²) in [6, 6.07) is 13.7. The van der Waals surface area contributed by atoms with Crippen molar-refractivity contribution < 1.29 is 28.2 Å². The fourth-order valence-corrected chi connectivity index (χ4v) is 3.56. The van der Waals surface area contributed by atoms with Crippen LogP contribution in [0.25, 0.3) is 0 Å². The number of nitrogens with zero attached hydrogens (tertiary/aromatic N) is 4. The fraction of sp³-hybridized carbons (Fsp3) is 0.240. The summed E-state index contributed by atoms with van der Waals surface area (Å²) in [5.41, 5.74) is 0.0875. The molecule has 1 aliphatic rings. The molecule has 36 heavy (non-hydrogen) atoms. The van der Waals surface area contributed by atoms with Gasteiger partial charge in [-0.1, -0.05) is 24.3 Å². The van der Waals surface area contributed by atoms with Gasteiger partial charge in [-0.15, -0.1) is 0 Å². The second-order valence-corrected chi connectivity index (χ2v) is 7.81. The highest BCUT2D eigenvalue weighted by molar-refractivity contribution is 5.95. The molecule has 0 radical (unpaired) electrons. The first kappa shape index (κ1) is 24.6. The van der Waals surface area contributed by atoms with Crippen LogP contribution in [-0.2, 0) is 14.3 Å². The van der Waals surface area contributed by atoms with E-state index in [4.69, 9.17) is 9.47 Å². The third kappa shape index (κ3) is 6.32. The van der Waals surface area contributed by atoms with Gasteiger partial charge in [0.2, 0.25) is 5.95 Å². The van der Waals surface area contributed by atoms with Crippen LogP contribution in [0.2, 0.25) is 0 Å². The number of anilines is 2. The topological polar surface area (TPSA) is 114 Å². The summed E-state index contributed by atoms with van der Waals surface area (Å²) in [4.78, 5) is 49.3. The van der Waals surface area contributed by atoms with Crippen LogP contribution in [0, 0.1) is 5.82 Å². The van der Waals surface area contributed by atoms with Crippen LogP contribution in [-0.4, -0.2) is 72.0 Å². The highest BCUT2D eigenvalue weighted by Gasteiger charge is 2.24. The third-order valence-electron chi connectivity index (χ3n) is 5.41. The summed E-state index contributed by atoms with van der Waals surface area (Å²) in [6.45, 7) is 1.15. The van der Waals surface area contributed by atoms with Crippen molar-refractivity contribution in [1.82, 2.24) is 14.9 Å². The second kappa shape index (κ2) is 11.7. The van der Waals surface area contributed by atoms with Crippen LogP contribution in [0.5, 0.6) is 5.75 Å². The molecule has 1 aromatic heterocycles. The van der Waals surface area contributed by atoms with Gasteiger partial charge in [0.15, 0.2) is 13.2 Å². The molecule has 11 heteroatoms. The predicted molar refractivity (Wildman–Crippen MR) is 128 cm³/mol. The molecule has 2 aromatic carbocycles. The molecule has 2 amide bonds. The van der Waals surface area contributed by atoms with E-state index in [0.717, 1.165) is 0 Å². The van der Waals surface area contributed by atoms with Crippen molar-refractivity contribution >= 4 is 29.4 Å². The maximum absolute atomic E-state index is 13.7. The number of hydrogen-bond acceptors (Lipinski definition) is 8. The van der Waals surface area contributed by atoms with E-state index < -0.39 is 30.9 Å². The molecule has 0 saturated carbocycles. The maximum Gasteiger partial charge on any atom is 0.342 e. The number of nitrogens with one attached hydrogen (secondary N) is 1. The molecule has 0 bridgehead atoms. The van der Waals surface area contributed by atoms with Gasteiger partial charge >= 0.3 is 5.97 Å². The predicted octanol–water partition coefficient (Wildman–Crippen LogP) is 2.14. The Morgan fingerprint density at radius 1 is 0.889 bits per heavy atom. The van der Waals surface area contributed by atoms with Crippen LogP contribution in [0.15, 0.2) is 67.0 Å². The SMILES string of the molecule is O=C(COc1ccccc1C(=O)OCC(=O)N1CCN(c2ncccn2)CC1)Nc1ccccc1F. The van der Waals surface area contributed by atoms with E-state index in [0.29, 0.717) is 32.1 Å². The average Bonchev–Trinajstić information content (AvgIpc) is 2.92. The van der Waals surface area contributed by atoms with E-state index in [2.05, 4.69) is 15.3 Å². The molecule has 10 nitrogen and oxygen atoms in total. The number of piperazine rings is 1. The first-order chi connectivity index (χ1) is 17.5. The summed E-state index contributed by atoms with van der Waals surface area (Å²) in [5, 5.41) is 2.40. The minimum absolute atomic E-state index is 0.0226. The zero-order valence-corrected chi connectivity index (χ0v) is 19.3. The maximum atomic E-state index is 13.7. The van der Waals surface area contributed by atoms with Crippen molar-refractivity contribution in [3.63, 3.8) is 0 Å². The first-order valence-corrected chi connectivity index (χ1v) is 11.2. The molecule has 1 fully saturated rings. The van der Waals surface area contributed by atoms with Crippen molar-refractivity contribution in [2.75, 3.05) is 49.6 Å². The Hall–Kier alpha value is -4.54. The number of carbonyl (C=O) groups excluding carboxylic acids is 3. The molecule has 0 aliphatic carbocycles.